The number of carbonyl (C=O) groups is 1. The molecule has 1 amide bonds. The Bertz CT molecular complexity index is 131. The van der Waals surface area contributed by atoms with Crippen molar-refractivity contribution in [2.45, 2.75) is 6.92 Å². The van der Waals surface area contributed by atoms with Gasteiger partial charge in [0.15, 0.2) is 0 Å². The van der Waals surface area contributed by atoms with Gasteiger partial charge in [-0.15, -0.1) is 0 Å². The summed E-state index contributed by atoms with van der Waals surface area (Å²) < 4.78 is 0. The molecule has 0 aromatic carbocycles. The predicted molar refractivity (Wildman–Crippen MR) is 34.6 cm³/mol. The van der Waals surface area contributed by atoms with Crippen molar-refractivity contribution >= 4 is 5.91 Å². The third-order valence-corrected chi connectivity index (χ3v) is 0.925. The summed E-state index contributed by atoms with van der Waals surface area (Å²) in [4.78, 5) is 15.4. The molecule has 0 aromatic rings. The van der Waals surface area contributed by atoms with Crippen LogP contribution in [-0.4, -0.2) is 25.1 Å². The van der Waals surface area contributed by atoms with Crippen molar-refractivity contribution in [3.8, 4) is 0 Å². The van der Waals surface area contributed by atoms with Crippen LogP contribution in [0.2, 0.25) is 0 Å². The Morgan fingerprint density at radius 2 is 2.11 bits per heavy atom. The molecule has 0 heterocycles. The first-order valence-electron chi connectivity index (χ1n) is 2.57. The largest absolute Gasteiger partial charge is 0.274 e. The Hall–Kier alpha value is -0.830. The second-order valence-corrected chi connectivity index (χ2v) is 1.77. The maximum Gasteiger partial charge on any atom is 0.272 e. The lowest BCUT2D eigenvalue weighted by molar-refractivity contribution is -0.163. The molecule has 0 bridgehead atoms. The van der Waals surface area contributed by atoms with E-state index in [-0.39, 0.29) is 5.91 Å². The van der Waals surface area contributed by atoms with Crippen LogP contribution in [-0.2, 0) is 9.63 Å². The molecule has 0 atom stereocenters. The lowest BCUT2D eigenvalue weighted by atomic mass is 10.3. The van der Waals surface area contributed by atoms with Crippen molar-refractivity contribution in [3.63, 3.8) is 0 Å². The van der Waals surface area contributed by atoms with Crippen LogP contribution in [0.3, 0.4) is 0 Å². The molecule has 0 spiro atoms. The number of likely N-dealkylation sites (N-methyl/N-ethyl adjacent to an activating group) is 1. The summed E-state index contributed by atoms with van der Waals surface area (Å²) in [5.41, 5.74) is 0.472. The number of rotatable bonds is 2. The summed E-state index contributed by atoms with van der Waals surface area (Å²) in [6.07, 6.45) is 0. The molecule has 0 aromatic heterocycles. The highest BCUT2D eigenvalue weighted by atomic mass is 16.7. The first-order chi connectivity index (χ1) is 4.09. The monoisotopic (exact) mass is 129 g/mol. The molecule has 0 unspecified atom stereocenters. The lowest BCUT2D eigenvalue weighted by Gasteiger charge is -2.12. The quantitative estimate of drug-likeness (QED) is 0.403. The van der Waals surface area contributed by atoms with E-state index in [1.165, 1.54) is 14.2 Å². The van der Waals surface area contributed by atoms with Gasteiger partial charge in [0.1, 0.15) is 0 Å². The van der Waals surface area contributed by atoms with E-state index in [4.69, 9.17) is 0 Å². The van der Waals surface area contributed by atoms with Gasteiger partial charge in [-0.3, -0.25) is 9.63 Å². The molecule has 0 saturated heterocycles. The lowest BCUT2D eigenvalue weighted by Crippen LogP contribution is -2.25. The van der Waals surface area contributed by atoms with Crippen molar-refractivity contribution in [2.24, 2.45) is 0 Å². The van der Waals surface area contributed by atoms with Crippen molar-refractivity contribution in [1.29, 1.82) is 0 Å². The highest BCUT2D eigenvalue weighted by Crippen LogP contribution is 1.93. The SMILES string of the molecule is C=C(C)C(=O)N(C)OC. The van der Waals surface area contributed by atoms with Crippen LogP contribution < -0.4 is 0 Å². The summed E-state index contributed by atoms with van der Waals surface area (Å²) in [5.74, 6) is -0.197. The second-order valence-electron chi connectivity index (χ2n) is 1.77. The number of nitrogens with zero attached hydrogens (tertiary/aromatic N) is 1. The summed E-state index contributed by atoms with van der Waals surface area (Å²) >= 11 is 0. The van der Waals surface area contributed by atoms with Crippen molar-refractivity contribution in [3.05, 3.63) is 12.2 Å². The molecular weight excluding hydrogens is 118 g/mol. The maximum atomic E-state index is 10.8. The highest BCUT2D eigenvalue weighted by Gasteiger charge is 2.06. The molecule has 0 saturated carbocycles. The van der Waals surface area contributed by atoms with Crippen LogP contribution in [0, 0.1) is 0 Å². The molecule has 3 nitrogen and oxygen atoms in total. The molecule has 0 aliphatic carbocycles. The van der Waals surface area contributed by atoms with Gasteiger partial charge in [0, 0.05) is 12.6 Å². The minimum absolute atomic E-state index is 0.197. The minimum Gasteiger partial charge on any atom is -0.274 e. The Morgan fingerprint density at radius 3 is 2.22 bits per heavy atom. The number of hydrogen-bond donors (Lipinski definition) is 0. The fourth-order valence-electron chi connectivity index (χ4n) is 0.352. The summed E-state index contributed by atoms with van der Waals surface area (Å²) in [6, 6.07) is 0. The van der Waals surface area contributed by atoms with Crippen LogP contribution in [0.25, 0.3) is 0 Å². The summed E-state index contributed by atoms with van der Waals surface area (Å²) in [5, 5.41) is 1.13. The maximum absolute atomic E-state index is 10.8. The van der Waals surface area contributed by atoms with Crippen LogP contribution in [0.1, 0.15) is 6.92 Å². The minimum atomic E-state index is -0.197. The van der Waals surface area contributed by atoms with Crippen molar-refractivity contribution < 1.29 is 9.63 Å². The zero-order valence-electron chi connectivity index (χ0n) is 5.97. The third-order valence-electron chi connectivity index (χ3n) is 0.925. The smallest absolute Gasteiger partial charge is 0.272 e. The highest BCUT2D eigenvalue weighted by molar-refractivity contribution is 5.91. The molecule has 0 aliphatic heterocycles. The van der Waals surface area contributed by atoms with Gasteiger partial charge in [0.2, 0.25) is 0 Å². The first-order valence-corrected chi connectivity index (χ1v) is 2.57. The fraction of sp³-hybridized carbons (Fsp3) is 0.500. The van der Waals surface area contributed by atoms with E-state index in [0.717, 1.165) is 5.06 Å². The van der Waals surface area contributed by atoms with Gasteiger partial charge in [-0.05, 0) is 6.92 Å². The van der Waals surface area contributed by atoms with Crippen LogP contribution in [0.15, 0.2) is 12.2 Å². The van der Waals surface area contributed by atoms with E-state index in [1.54, 1.807) is 6.92 Å². The number of hydrogen-bond acceptors (Lipinski definition) is 2. The van der Waals surface area contributed by atoms with Crippen molar-refractivity contribution in [1.82, 2.24) is 5.06 Å². The van der Waals surface area contributed by atoms with Gasteiger partial charge >= 0.3 is 0 Å². The van der Waals surface area contributed by atoms with E-state index in [2.05, 4.69) is 11.4 Å². The predicted octanol–water partition coefficient (Wildman–Crippen LogP) is 0.582. The van der Waals surface area contributed by atoms with Crippen molar-refractivity contribution in [2.75, 3.05) is 14.2 Å². The topological polar surface area (TPSA) is 29.5 Å². The van der Waals surface area contributed by atoms with E-state index in [0.29, 0.717) is 5.57 Å². The van der Waals surface area contributed by atoms with Gasteiger partial charge < -0.3 is 0 Å². The Kier molecular flexibility index (Phi) is 2.95. The second kappa shape index (κ2) is 3.25. The van der Waals surface area contributed by atoms with Gasteiger partial charge in [0.05, 0.1) is 7.11 Å². The number of carbonyl (C=O) groups excluding carboxylic acids is 1. The van der Waals surface area contributed by atoms with Crippen LogP contribution >= 0.6 is 0 Å². The standard InChI is InChI=1S/C6H11NO2/c1-5(2)6(8)7(3)9-4/h1H2,2-4H3. The van der Waals surface area contributed by atoms with Crippen LogP contribution in [0.5, 0.6) is 0 Å². The van der Waals surface area contributed by atoms with E-state index in [1.807, 2.05) is 0 Å². The van der Waals surface area contributed by atoms with Gasteiger partial charge in [-0.25, -0.2) is 5.06 Å². The fourth-order valence-corrected chi connectivity index (χ4v) is 0.352. The zero-order chi connectivity index (χ0) is 7.44. The molecule has 3 heteroatoms. The van der Waals surface area contributed by atoms with Crippen LogP contribution in [0.4, 0.5) is 0 Å². The molecule has 0 rings (SSSR count). The normalized spacial score (nSPS) is 8.78. The first kappa shape index (κ1) is 8.17. The molecular formula is C6H11NO2. The Balaban J connectivity index is 3.88. The molecule has 0 fully saturated rings. The molecule has 52 valence electrons. The molecule has 9 heavy (non-hydrogen) atoms. The molecule has 0 N–H and O–H groups in total. The number of amides is 1. The van der Waals surface area contributed by atoms with Gasteiger partial charge in [0.25, 0.3) is 5.91 Å². The molecule has 0 radical (unpaired) electrons. The summed E-state index contributed by atoms with van der Waals surface area (Å²) in [6.45, 7) is 5.09. The average molecular weight is 129 g/mol. The average Bonchev–Trinajstić information content (AvgIpc) is 1.84. The third kappa shape index (κ3) is 2.28. The van der Waals surface area contributed by atoms with E-state index in [9.17, 15) is 4.79 Å². The van der Waals surface area contributed by atoms with Gasteiger partial charge in [-0.1, -0.05) is 6.58 Å². The van der Waals surface area contributed by atoms with E-state index >= 15 is 0 Å². The summed E-state index contributed by atoms with van der Waals surface area (Å²) in [7, 11) is 2.97. The van der Waals surface area contributed by atoms with Gasteiger partial charge in [-0.2, -0.15) is 0 Å². The van der Waals surface area contributed by atoms with E-state index < -0.39 is 0 Å². The zero-order valence-corrected chi connectivity index (χ0v) is 5.97. The molecule has 0 aliphatic rings. The number of hydroxylamine groups is 2. The Labute approximate surface area is 54.9 Å². The Morgan fingerprint density at radius 1 is 1.67 bits per heavy atom.